The molecule has 2 fully saturated rings. The summed E-state index contributed by atoms with van der Waals surface area (Å²) in [5, 5.41) is 9.36. The second kappa shape index (κ2) is 4.99. The summed E-state index contributed by atoms with van der Waals surface area (Å²) in [5.74, 6) is 0.0750. The van der Waals surface area contributed by atoms with Crippen LogP contribution in [0.1, 0.15) is 39.5 Å². The first-order chi connectivity index (χ1) is 8.52. The molecule has 0 amide bonds. The highest BCUT2D eigenvalue weighted by molar-refractivity contribution is 5.85. The van der Waals surface area contributed by atoms with E-state index in [0.717, 1.165) is 38.9 Å². The van der Waals surface area contributed by atoms with E-state index in [1.165, 1.54) is 6.92 Å². The number of nitriles is 1. The van der Waals surface area contributed by atoms with Gasteiger partial charge in [0.2, 0.25) is 0 Å². The number of carbonyl (C=O) groups is 1. The van der Waals surface area contributed by atoms with E-state index < -0.39 is 5.41 Å². The molecular formula is C14H21NO3. The smallest absolute Gasteiger partial charge is 0.150 e. The Morgan fingerprint density at radius 3 is 2.61 bits per heavy atom. The molecule has 0 radical (unpaired) electrons. The Bertz CT molecular complexity index is 362. The molecule has 0 N–H and O–H groups in total. The van der Waals surface area contributed by atoms with Crippen molar-refractivity contribution in [3.63, 3.8) is 0 Å². The fraction of sp³-hybridized carbons (Fsp3) is 0.857. The molecule has 2 saturated heterocycles. The van der Waals surface area contributed by atoms with Gasteiger partial charge in [-0.2, -0.15) is 5.26 Å². The average Bonchev–Trinajstić information content (AvgIpc) is 2.38. The number of hydrogen-bond donors (Lipinski definition) is 0. The van der Waals surface area contributed by atoms with E-state index in [4.69, 9.17) is 9.47 Å². The molecule has 2 aliphatic rings. The van der Waals surface area contributed by atoms with E-state index in [9.17, 15) is 10.1 Å². The van der Waals surface area contributed by atoms with Crippen molar-refractivity contribution in [2.45, 2.75) is 45.1 Å². The van der Waals surface area contributed by atoms with E-state index in [1.54, 1.807) is 6.92 Å². The largest absolute Gasteiger partial charge is 0.381 e. The molecule has 0 aliphatic carbocycles. The summed E-state index contributed by atoms with van der Waals surface area (Å²) in [7, 11) is 0. The maximum absolute atomic E-state index is 11.8. The van der Waals surface area contributed by atoms with E-state index in [1.807, 2.05) is 0 Å². The summed E-state index contributed by atoms with van der Waals surface area (Å²) >= 11 is 0. The fourth-order valence-electron chi connectivity index (χ4n) is 3.07. The summed E-state index contributed by atoms with van der Waals surface area (Å²) in [6, 6.07) is 2.23. The van der Waals surface area contributed by atoms with Gasteiger partial charge < -0.3 is 9.47 Å². The fourth-order valence-corrected chi connectivity index (χ4v) is 3.07. The Kier molecular flexibility index (Phi) is 3.74. The standard InChI is InChI=1S/C14H21NO3/c1-11(16)13(2,10-15)12-3-6-18-14(9-12)4-7-17-8-5-14/h12H,3-9H2,1-2H3. The van der Waals surface area contributed by atoms with Crippen LogP contribution in [0.5, 0.6) is 0 Å². The van der Waals surface area contributed by atoms with Crippen molar-refractivity contribution in [1.82, 2.24) is 0 Å². The average molecular weight is 251 g/mol. The number of Topliss-reactive ketones (excluding diaryl/α,β-unsaturated/α-hetero) is 1. The maximum atomic E-state index is 11.8. The van der Waals surface area contributed by atoms with Crippen molar-refractivity contribution in [2.24, 2.45) is 11.3 Å². The molecule has 4 nitrogen and oxygen atoms in total. The first kappa shape index (κ1) is 13.5. The lowest BCUT2D eigenvalue weighted by Crippen LogP contribution is -2.48. The van der Waals surface area contributed by atoms with Crippen LogP contribution in [-0.4, -0.2) is 31.2 Å². The van der Waals surface area contributed by atoms with Crippen LogP contribution in [0.3, 0.4) is 0 Å². The molecule has 0 aromatic heterocycles. The zero-order valence-corrected chi connectivity index (χ0v) is 11.2. The van der Waals surface area contributed by atoms with E-state index in [-0.39, 0.29) is 17.3 Å². The molecule has 0 saturated carbocycles. The van der Waals surface area contributed by atoms with Crippen LogP contribution in [0.15, 0.2) is 0 Å². The van der Waals surface area contributed by atoms with Gasteiger partial charge in [0.15, 0.2) is 0 Å². The van der Waals surface area contributed by atoms with E-state index >= 15 is 0 Å². The van der Waals surface area contributed by atoms with Gasteiger partial charge >= 0.3 is 0 Å². The minimum absolute atomic E-state index is 0.0286. The summed E-state index contributed by atoms with van der Waals surface area (Å²) in [4.78, 5) is 11.8. The molecular weight excluding hydrogens is 230 g/mol. The van der Waals surface area contributed by atoms with Gasteiger partial charge in [0.25, 0.3) is 0 Å². The van der Waals surface area contributed by atoms with Crippen LogP contribution in [0.2, 0.25) is 0 Å². The lowest BCUT2D eigenvalue weighted by atomic mass is 9.67. The molecule has 4 heteroatoms. The Balaban J connectivity index is 2.15. The van der Waals surface area contributed by atoms with Gasteiger partial charge in [-0.3, -0.25) is 4.79 Å². The third kappa shape index (κ3) is 2.30. The van der Waals surface area contributed by atoms with Crippen LogP contribution < -0.4 is 0 Å². The molecule has 2 rings (SSSR count). The lowest BCUT2D eigenvalue weighted by molar-refractivity contribution is -0.160. The molecule has 1 spiro atoms. The van der Waals surface area contributed by atoms with Gasteiger partial charge in [-0.15, -0.1) is 0 Å². The third-order valence-corrected chi connectivity index (χ3v) is 4.68. The van der Waals surface area contributed by atoms with Crippen LogP contribution in [0.25, 0.3) is 0 Å². The lowest BCUT2D eigenvalue weighted by Gasteiger charge is -2.46. The van der Waals surface area contributed by atoms with Crippen molar-refractivity contribution in [3.8, 4) is 6.07 Å². The van der Waals surface area contributed by atoms with Crippen molar-refractivity contribution < 1.29 is 14.3 Å². The summed E-state index contributed by atoms with van der Waals surface area (Å²) in [6.07, 6.45) is 3.36. The van der Waals surface area contributed by atoms with Gasteiger partial charge in [0.1, 0.15) is 11.2 Å². The van der Waals surface area contributed by atoms with Gasteiger partial charge in [0.05, 0.1) is 11.7 Å². The minimum atomic E-state index is -0.866. The highest BCUT2D eigenvalue weighted by Crippen LogP contribution is 2.44. The number of hydrogen-bond acceptors (Lipinski definition) is 4. The summed E-state index contributed by atoms with van der Waals surface area (Å²) < 4.78 is 11.3. The molecule has 0 aromatic carbocycles. The summed E-state index contributed by atoms with van der Waals surface area (Å²) in [5.41, 5.74) is -1.02. The molecule has 18 heavy (non-hydrogen) atoms. The molecule has 100 valence electrons. The van der Waals surface area contributed by atoms with Crippen LogP contribution >= 0.6 is 0 Å². The van der Waals surface area contributed by atoms with Gasteiger partial charge in [-0.1, -0.05) is 0 Å². The molecule has 2 unspecified atom stereocenters. The minimum Gasteiger partial charge on any atom is -0.381 e. The number of ether oxygens (including phenoxy) is 2. The van der Waals surface area contributed by atoms with Gasteiger partial charge in [-0.05, 0) is 45.4 Å². The topological polar surface area (TPSA) is 59.3 Å². The van der Waals surface area contributed by atoms with Gasteiger partial charge in [0, 0.05) is 19.8 Å². The Morgan fingerprint density at radius 1 is 1.39 bits per heavy atom. The van der Waals surface area contributed by atoms with Crippen molar-refractivity contribution in [2.75, 3.05) is 19.8 Å². The highest BCUT2D eigenvalue weighted by Gasteiger charge is 2.47. The van der Waals surface area contributed by atoms with Crippen molar-refractivity contribution in [1.29, 1.82) is 5.26 Å². The second-order valence-electron chi connectivity index (χ2n) is 5.70. The summed E-state index contributed by atoms with van der Waals surface area (Å²) in [6.45, 7) is 5.38. The second-order valence-corrected chi connectivity index (χ2v) is 5.70. The first-order valence-electron chi connectivity index (χ1n) is 6.66. The van der Waals surface area contributed by atoms with Crippen LogP contribution in [0.4, 0.5) is 0 Å². The predicted molar refractivity (Wildman–Crippen MR) is 65.9 cm³/mol. The van der Waals surface area contributed by atoms with E-state index in [2.05, 4.69) is 6.07 Å². The van der Waals surface area contributed by atoms with Crippen LogP contribution in [0, 0.1) is 22.7 Å². The number of nitrogens with zero attached hydrogens (tertiary/aromatic N) is 1. The molecule has 2 heterocycles. The van der Waals surface area contributed by atoms with Crippen LogP contribution in [-0.2, 0) is 14.3 Å². The maximum Gasteiger partial charge on any atom is 0.150 e. The van der Waals surface area contributed by atoms with Crippen molar-refractivity contribution in [3.05, 3.63) is 0 Å². The zero-order chi connectivity index (χ0) is 13.2. The molecule has 2 aliphatic heterocycles. The van der Waals surface area contributed by atoms with E-state index in [0.29, 0.717) is 6.61 Å². The number of rotatable bonds is 2. The monoisotopic (exact) mass is 251 g/mol. The normalized spacial score (nSPS) is 30.4. The quantitative estimate of drug-likeness (QED) is 0.754. The van der Waals surface area contributed by atoms with Gasteiger partial charge in [-0.25, -0.2) is 0 Å². The third-order valence-electron chi connectivity index (χ3n) is 4.68. The van der Waals surface area contributed by atoms with Crippen molar-refractivity contribution >= 4 is 5.78 Å². The highest BCUT2D eigenvalue weighted by atomic mass is 16.5. The Morgan fingerprint density at radius 2 is 2.06 bits per heavy atom. The Labute approximate surface area is 108 Å². The number of ketones is 1. The SMILES string of the molecule is CC(=O)C(C)(C#N)C1CCOC2(CCOCC2)C1. The first-order valence-corrected chi connectivity index (χ1v) is 6.66. The predicted octanol–water partition coefficient (Wildman–Crippen LogP) is 2.08. The molecule has 2 atom stereocenters. The Hall–Kier alpha value is -0.920. The number of carbonyl (C=O) groups excluding carboxylic acids is 1. The molecule has 0 aromatic rings. The zero-order valence-electron chi connectivity index (χ0n) is 11.2. The molecule has 0 bridgehead atoms.